The number of carbonyl (C=O) groups is 2. The summed E-state index contributed by atoms with van der Waals surface area (Å²) in [5.74, 6) is 1.32. The zero-order valence-corrected chi connectivity index (χ0v) is 20.2. The molecule has 1 aliphatic rings. The van der Waals surface area contributed by atoms with Crippen LogP contribution in [0.4, 0.5) is 0 Å². The maximum absolute atomic E-state index is 12.8. The Bertz CT molecular complexity index is 1290. The molecule has 2 amide bonds. The van der Waals surface area contributed by atoms with Crippen LogP contribution in [0.2, 0.25) is 0 Å². The first-order valence-electron chi connectivity index (χ1n) is 10.8. The molecular formula is C26H25N3O4S. The van der Waals surface area contributed by atoms with Crippen LogP contribution in [0, 0.1) is 13.8 Å². The molecule has 1 N–H and O–H groups in total. The van der Waals surface area contributed by atoms with Gasteiger partial charge in [-0.3, -0.25) is 19.8 Å². The first-order valence-corrected chi connectivity index (χ1v) is 11.2. The van der Waals surface area contributed by atoms with Gasteiger partial charge < -0.3 is 14.0 Å². The normalized spacial score (nSPS) is 15.0. The Morgan fingerprint density at radius 3 is 2.15 bits per heavy atom. The number of ether oxygens (including phenoxy) is 2. The van der Waals surface area contributed by atoms with Crippen LogP contribution in [0.1, 0.15) is 23.9 Å². The van der Waals surface area contributed by atoms with Gasteiger partial charge in [-0.25, -0.2) is 0 Å². The van der Waals surface area contributed by atoms with Crippen LogP contribution in [0.3, 0.4) is 0 Å². The molecule has 7 nitrogen and oxygen atoms in total. The topological polar surface area (TPSA) is 72.8 Å². The molecule has 3 aromatic rings. The summed E-state index contributed by atoms with van der Waals surface area (Å²) in [6.45, 7) is 6.13. The second-order valence-corrected chi connectivity index (χ2v) is 8.19. The van der Waals surface area contributed by atoms with Crippen LogP contribution in [0.25, 0.3) is 11.8 Å². The van der Waals surface area contributed by atoms with E-state index < -0.39 is 5.91 Å². The number of thiocarbonyl (C=S) groups is 1. The molecule has 0 spiro atoms. The van der Waals surface area contributed by atoms with E-state index in [0.717, 1.165) is 28.4 Å². The number of carbonyl (C=O) groups excluding carboxylic acids is 2. The molecule has 34 heavy (non-hydrogen) atoms. The fourth-order valence-electron chi connectivity index (χ4n) is 3.91. The number of hydrogen-bond donors (Lipinski definition) is 1. The number of likely N-dealkylation sites (N-methyl/N-ethyl adjacent to an activating group) is 1. The van der Waals surface area contributed by atoms with E-state index in [1.54, 1.807) is 13.2 Å². The lowest BCUT2D eigenvalue weighted by Gasteiger charge is -2.27. The Hall–Kier alpha value is -3.91. The molecule has 2 aromatic carbocycles. The number of aryl methyl sites for hydroxylation is 1. The van der Waals surface area contributed by atoms with E-state index in [1.165, 1.54) is 4.90 Å². The quantitative estimate of drug-likeness (QED) is 0.322. The first kappa shape index (κ1) is 23.3. The molecule has 1 fully saturated rings. The lowest BCUT2D eigenvalue weighted by Crippen LogP contribution is -2.53. The zero-order chi connectivity index (χ0) is 24.4. The SMILES string of the molecule is CCN1C(=O)/C(=C/c2cc(C)n(-c3ccc(Oc4ccc(OC)cc4)cc3)c2C)C(=O)NC1=S. The molecule has 0 atom stereocenters. The summed E-state index contributed by atoms with van der Waals surface area (Å²) in [6.07, 6.45) is 1.63. The Morgan fingerprint density at radius 2 is 1.56 bits per heavy atom. The zero-order valence-electron chi connectivity index (χ0n) is 19.4. The van der Waals surface area contributed by atoms with Crippen LogP contribution in [-0.4, -0.2) is 40.0 Å². The number of aromatic nitrogens is 1. The minimum absolute atomic E-state index is 0.0685. The summed E-state index contributed by atoms with van der Waals surface area (Å²) in [4.78, 5) is 26.6. The second-order valence-electron chi connectivity index (χ2n) is 7.80. The molecule has 1 saturated heterocycles. The summed E-state index contributed by atoms with van der Waals surface area (Å²) in [5.41, 5.74) is 3.68. The van der Waals surface area contributed by atoms with Crippen molar-refractivity contribution in [2.75, 3.05) is 13.7 Å². The minimum atomic E-state index is -0.482. The third-order valence-electron chi connectivity index (χ3n) is 5.66. The molecule has 2 heterocycles. The minimum Gasteiger partial charge on any atom is -0.497 e. The van der Waals surface area contributed by atoms with Crippen molar-refractivity contribution in [2.45, 2.75) is 20.8 Å². The van der Waals surface area contributed by atoms with Gasteiger partial charge in [-0.1, -0.05) is 0 Å². The summed E-state index contributed by atoms with van der Waals surface area (Å²) in [6, 6.07) is 17.1. The van der Waals surface area contributed by atoms with E-state index in [9.17, 15) is 9.59 Å². The van der Waals surface area contributed by atoms with Crippen molar-refractivity contribution < 1.29 is 19.1 Å². The second kappa shape index (κ2) is 9.52. The number of benzene rings is 2. The number of amides is 2. The van der Waals surface area contributed by atoms with E-state index in [-0.39, 0.29) is 16.6 Å². The molecule has 0 saturated carbocycles. The molecule has 8 heteroatoms. The molecule has 0 radical (unpaired) electrons. The van der Waals surface area contributed by atoms with Gasteiger partial charge in [0, 0.05) is 23.6 Å². The van der Waals surface area contributed by atoms with Crippen LogP contribution in [0.5, 0.6) is 17.2 Å². The predicted octanol–water partition coefficient (Wildman–Crippen LogP) is 4.54. The van der Waals surface area contributed by atoms with Crippen LogP contribution < -0.4 is 14.8 Å². The van der Waals surface area contributed by atoms with Gasteiger partial charge in [0.05, 0.1) is 7.11 Å². The van der Waals surface area contributed by atoms with Crippen molar-refractivity contribution in [1.82, 2.24) is 14.8 Å². The molecule has 0 unspecified atom stereocenters. The van der Waals surface area contributed by atoms with Crippen LogP contribution >= 0.6 is 12.2 Å². The third-order valence-corrected chi connectivity index (χ3v) is 5.98. The largest absolute Gasteiger partial charge is 0.497 e. The third kappa shape index (κ3) is 4.45. The van der Waals surface area contributed by atoms with E-state index in [1.807, 2.05) is 75.4 Å². The van der Waals surface area contributed by atoms with E-state index >= 15 is 0 Å². The molecule has 1 aliphatic heterocycles. The average Bonchev–Trinajstić information content (AvgIpc) is 3.10. The number of nitrogens with zero attached hydrogens (tertiary/aromatic N) is 2. The highest BCUT2D eigenvalue weighted by molar-refractivity contribution is 7.80. The summed E-state index contributed by atoms with van der Waals surface area (Å²) in [5, 5.41) is 2.72. The Morgan fingerprint density at radius 1 is 0.971 bits per heavy atom. The lowest BCUT2D eigenvalue weighted by molar-refractivity contribution is -0.128. The van der Waals surface area contributed by atoms with Gasteiger partial charge in [0.15, 0.2) is 5.11 Å². The monoisotopic (exact) mass is 475 g/mol. The molecule has 174 valence electrons. The van der Waals surface area contributed by atoms with Gasteiger partial charge in [0.25, 0.3) is 11.8 Å². The molecule has 0 aliphatic carbocycles. The number of nitrogens with one attached hydrogen (secondary N) is 1. The predicted molar refractivity (Wildman–Crippen MR) is 134 cm³/mol. The van der Waals surface area contributed by atoms with Gasteiger partial charge in [0.2, 0.25) is 0 Å². The lowest BCUT2D eigenvalue weighted by atomic mass is 10.1. The fraction of sp³-hybridized carbons (Fsp3) is 0.192. The van der Waals surface area contributed by atoms with Crippen LogP contribution in [0.15, 0.2) is 60.2 Å². The Balaban J connectivity index is 1.60. The van der Waals surface area contributed by atoms with Crippen molar-refractivity contribution >= 4 is 35.2 Å². The van der Waals surface area contributed by atoms with Crippen molar-refractivity contribution in [1.29, 1.82) is 0 Å². The van der Waals surface area contributed by atoms with Crippen molar-refractivity contribution in [2.24, 2.45) is 0 Å². The molecular weight excluding hydrogens is 450 g/mol. The van der Waals surface area contributed by atoms with E-state index in [2.05, 4.69) is 9.88 Å². The van der Waals surface area contributed by atoms with Crippen molar-refractivity contribution in [3.8, 4) is 22.9 Å². The smallest absolute Gasteiger partial charge is 0.265 e. The maximum Gasteiger partial charge on any atom is 0.265 e. The van der Waals surface area contributed by atoms with Gasteiger partial charge in [-0.05, 0) is 99.2 Å². The average molecular weight is 476 g/mol. The van der Waals surface area contributed by atoms with Crippen LogP contribution in [-0.2, 0) is 9.59 Å². The highest BCUT2D eigenvalue weighted by Crippen LogP contribution is 2.28. The highest BCUT2D eigenvalue weighted by atomic mass is 32.1. The molecule has 1 aromatic heterocycles. The number of rotatable bonds is 6. The van der Waals surface area contributed by atoms with E-state index in [0.29, 0.717) is 18.0 Å². The summed E-state index contributed by atoms with van der Waals surface area (Å²) >= 11 is 5.10. The summed E-state index contributed by atoms with van der Waals surface area (Å²) in [7, 11) is 1.62. The standard InChI is InChI=1S/C26H25N3O4S/c1-5-28-25(31)23(24(30)27-26(28)34)15-18-14-16(2)29(17(18)3)19-6-8-21(9-7-19)33-22-12-10-20(32-4)11-13-22/h6-15H,5H2,1-4H3,(H,27,30,34)/b23-15+. The van der Waals surface area contributed by atoms with Crippen molar-refractivity contribution in [3.63, 3.8) is 0 Å². The van der Waals surface area contributed by atoms with Gasteiger partial charge >= 0.3 is 0 Å². The molecule has 4 rings (SSSR count). The maximum atomic E-state index is 12.8. The Labute approximate surface area is 203 Å². The van der Waals surface area contributed by atoms with Crippen molar-refractivity contribution in [3.05, 3.63) is 77.1 Å². The summed E-state index contributed by atoms with van der Waals surface area (Å²) < 4.78 is 13.2. The van der Waals surface area contributed by atoms with E-state index in [4.69, 9.17) is 21.7 Å². The fourth-order valence-corrected chi connectivity index (χ4v) is 4.22. The van der Waals surface area contributed by atoms with Gasteiger partial charge in [0.1, 0.15) is 22.8 Å². The van der Waals surface area contributed by atoms with Gasteiger partial charge in [-0.2, -0.15) is 0 Å². The number of hydrogen-bond acceptors (Lipinski definition) is 5. The highest BCUT2D eigenvalue weighted by Gasteiger charge is 2.32. The first-order chi connectivity index (χ1) is 16.3. The molecule has 0 bridgehead atoms. The van der Waals surface area contributed by atoms with Gasteiger partial charge in [-0.15, -0.1) is 0 Å². The Kier molecular flexibility index (Phi) is 6.51. The number of methoxy groups -OCH3 is 1.